The molecule has 1 saturated heterocycles. The molecule has 5 heteroatoms. The third kappa shape index (κ3) is 3.73. The largest absolute Gasteiger partial charge is 0.496 e. The minimum Gasteiger partial charge on any atom is -0.496 e. The number of ether oxygens (including phenoxy) is 1. The summed E-state index contributed by atoms with van der Waals surface area (Å²) < 4.78 is 6.20. The predicted molar refractivity (Wildman–Crippen MR) is 83.3 cm³/mol. The first-order valence-corrected chi connectivity index (χ1v) is 7.73. The van der Waals surface area contributed by atoms with E-state index in [-0.39, 0.29) is 5.91 Å². The summed E-state index contributed by atoms with van der Waals surface area (Å²) in [6, 6.07) is 5.89. The van der Waals surface area contributed by atoms with Crippen molar-refractivity contribution in [2.24, 2.45) is 0 Å². The molecule has 1 aromatic rings. The van der Waals surface area contributed by atoms with Crippen LogP contribution in [0.25, 0.3) is 0 Å². The van der Waals surface area contributed by atoms with Crippen LogP contribution in [-0.2, 0) is 0 Å². The van der Waals surface area contributed by atoms with Crippen LogP contribution in [0.15, 0.2) is 22.7 Å². The summed E-state index contributed by atoms with van der Waals surface area (Å²) in [6.45, 7) is 1.78. The van der Waals surface area contributed by atoms with E-state index in [2.05, 4.69) is 21.2 Å². The van der Waals surface area contributed by atoms with Gasteiger partial charge in [0, 0.05) is 24.1 Å². The van der Waals surface area contributed by atoms with Crippen molar-refractivity contribution in [2.45, 2.75) is 25.3 Å². The van der Waals surface area contributed by atoms with E-state index in [4.69, 9.17) is 4.74 Å². The van der Waals surface area contributed by atoms with Crippen LogP contribution in [0.4, 0.5) is 0 Å². The zero-order chi connectivity index (χ0) is 14.5. The topological polar surface area (TPSA) is 41.6 Å². The van der Waals surface area contributed by atoms with Gasteiger partial charge in [-0.25, -0.2) is 0 Å². The standard InChI is InChI=1S/C15H21BrN2O2/c1-18(10-12-5-3-4-8-17-12)15(19)13-7-6-11(16)9-14(13)20-2/h6-7,9,12,17H,3-5,8,10H2,1-2H3. The van der Waals surface area contributed by atoms with Crippen molar-refractivity contribution in [1.82, 2.24) is 10.2 Å². The molecule has 4 nitrogen and oxygen atoms in total. The predicted octanol–water partition coefficient (Wildman–Crippen LogP) is 2.67. The fourth-order valence-corrected chi connectivity index (χ4v) is 2.88. The number of rotatable bonds is 4. The van der Waals surface area contributed by atoms with Gasteiger partial charge in [0.05, 0.1) is 12.7 Å². The van der Waals surface area contributed by atoms with Crippen molar-refractivity contribution in [3.63, 3.8) is 0 Å². The molecular formula is C15H21BrN2O2. The van der Waals surface area contributed by atoms with Gasteiger partial charge in [0.1, 0.15) is 5.75 Å². The SMILES string of the molecule is COc1cc(Br)ccc1C(=O)N(C)CC1CCCCN1. The molecule has 1 aliphatic heterocycles. The van der Waals surface area contributed by atoms with Crippen molar-refractivity contribution < 1.29 is 9.53 Å². The number of likely N-dealkylation sites (N-methyl/N-ethyl adjacent to an activating group) is 1. The van der Waals surface area contributed by atoms with Crippen molar-refractivity contribution in [3.05, 3.63) is 28.2 Å². The smallest absolute Gasteiger partial charge is 0.257 e. The second-order valence-electron chi connectivity index (χ2n) is 5.18. The van der Waals surface area contributed by atoms with Gasteiger partial charge in [-0.05, 0) is 37.6 Å². The highest BCUT2D eigenvalue weighted by atomic mass is 79.9. The third-order valence-corrected chi connectivity index (χ3v) is 4.14. The van der Waals surface area contributed by atoms with Crippen LogP contribution >= 0.6 is 15.9 Å². The Morgan fingerprint density at radius 2 is 2.30 bits per heavy atom. The average Bonchev–Trinajstić information content (AvgIpc) is 2.47. The maximum Gasteiger partial charge on any atom is 0.257 e. The lowest BCUT2D eigenvalue weighted by Crippen LogP contribution is -2.44. The molecule has 0 bridgehead atoms. The number of amides is 1. The van der Waals surface area contributed by atoms with Gasteiger partial charge in [-0.1, -0.05) is 22.4 Å². The number of carbonyl (C=O) groups is 1. The third-order valence-electron chi connectivity index (χ3n) is 3.65. The van der Waals surface area contributed by atoms with Crippen LogP contribution in [0.5, 0.6) is 5.75 Å². The molecule has 110 valence electrons. The summed E-state index contributed by atoms with van der Waals surface area (Å²) in [7, 11) is 3.43. The Labute approximate surface area is 128 Å². The number of nitrogens with zero attached hydrogens (tertiary/aromatic N) is 1. The van der Waals surface area contributed by atoms with Crippen molar-refractivity contribution >= 4 is 21.8 Å². The monoisotopic (exact) mass is 340 g/mol. The summed E-state index contributed by atoms with van der Waals surface area (Å²) in [6.07, 6.45) is 3.60. The van der Waals surface area contributed by atoms with E-state index >= 15 is 0 Å². The Morgan fingerprint density at radius 1 is 1.50 bits per heavy atom. The van der Waals surface area contributed by atoms with E-state index in [1.807, 2.05) is 19.2 Å². The van der Waals surface area contributed by atoms with Gasteiger partial charge in [0.15, 0.2) is 0 Å². The summed E-state index contributed by atoms with van der Waals surface area (Å²) >= 11 is 3.39. The number of benzene rings is 1. The van der Waals surface area contributed by atoms with Crippen LogP contribution in [0.3, 0.4) is 0 Å². The normalized spacial score (nSPS) is 18.6. The summed E-state index contributed by atoms with van der Waals surface area (Å²) in [5.41, 5.74) is 0.606. The quantitative estimate of drug-likeness (QED) is 0.916. The number of nitrogens with one attached hydrogen (secondary N) is 1. The molecule has 1 aliphatic rings. The van der Waals surface area contributed by atoms with Crippen LogP contribution in [0.2, 0.25) is 0 Å². The first kappa shape index (κ1) is 15.3. The maximum absolute atomic E-state index is 12.5. The van der Waals surface area contributed by atoms with Gasteiger partial charge >= 0.3 is 0 Å². The second kappa shape index (κ2) is 7.09. The first-order chi connectivity index (χ1) is 9.61. The number of hydrogen-bond donors (Lipinski definition) is 1. The summed E-state index contributed by atoms with van der Waals surface area (Å²) in [5.74, 6) is 0.606. The van der Waals surface area contributed by atoms with E-state index in [0.717, 1.165) is 24.0 Å². The lowest BCUT2D eigenvalue weighted by molar-refractivity contribution is 0.0772. The Kier molecular flexibility index (Phi) is 5.43. The Bertz CT molecular complexity index is 473. The highest BCUT2D eigenvalue weighted by Crippen LogP contribution is 2.24. The minimum absolute atomic E-state index is 0.00160. The molecule has 1 heterocycles. The van der Waals surface area contributed by atoms with E-state index in [1.165, 1.54) is 12.8 Å². The fourth-order valence-electron chi connectivity index (χ4n) is 2.54. The van der Waals surface area contributed by atoms with E-state index in [9.17, 15) is 4.79 Å². The number of halogens is 1. The first-order valence-electron chi connectivity index (χ1n) is 6.94. The Hall–Kier alpha value is -1.07. The molecule has 1 fully saturated rings. The summed E-state index contributed by atoms with van der Waals surface area (Å²) in [5, 5.41) is 3.46. The summed E-state index contributed by atoms with van der Waals surface area (Å²) in [4.78, 5) is 14.3. The van der Waals surface area contributed by atoms with Crippen molar-refractivity contribution in [3.8, 4) is 5.75 Å². The number of methoxy groups -OCH3 is 1. The maximum atomic E-state index is 12.5. The fraction of sp³-hybridized carbons (Fsp3) is 0.533. The van der Waals surface area contributed by atoms with Gasteiger partial charge in [-0.2, -0.15) is 0 Å². The Balaban J connectivity index is 2.05. The number of piperidine rings is 1. The van der Waals surface area contributed by atoms with E-state index < -0.39 is 0 Å². The molecule has 1 aromatic carbocycles. The minimum atomic E-state index is 0.00160. The van der Waals surface area contributed by atoms with Crippen LogP contribution in [-0.4, -0.2) is 44.1 Å². The van der Waals surface area contributed by atoms with Gasteiger partial charge in [0.2, 0.25) is 0 Å². The average molecular weight is 341 g/mol. The second-order valence-corrected chi connectivity index (χ2v) is 6.09. The van der Waals surface area contributed by atoms with Crippen molar-refractivity contribution in [1.29, 1.82) is 0 Å². The molecule has 2 rings (SSSR count). The Morgan fingerprint density at radius 3 is 2.95 bits per heavy atom. The lowest BCUT2D eigenvalue weighted by atomic mass is 10.0. The molecule has 0 radical (unpaired) electrons. The molecule has 0 spiro atoms. The van der Waals surface area contributed by atoms with Crippen LogP contribution in [0.1, 0.15) is 29.6 Å². The van der Waals surface area contributed by atoms with Crippen LogP contribution < -0.4 is 10.1 Å². The zero-order valence-corrected chi connectivity index (χ0v) is 13.6. The van der Waals surface area contributed by atoms with E-state index in [1.54, 1.807) is 18.1 Å². The number of carbonyl (C=O) groups excluding carboxylic acids is 1. The molecule has 1 N–H and O–H groups in total. The lowest BCUT2D eigenvalue weighted by Gasteiger charge is -2.28. The molecule has 0 saturated carbocycles. The molecular weight excluding hydrogens is 320 g/mol. The molecule has 20 heavy (non-hydrogen) atoms. The van der Waals surface area contributed by atoms with Gasteiger partial charge in [0.25, 0.3) is 5.91 Å². The molecule has 1 amide bonds. The molecule has 1 unspecified atom stereocenters. The molecule has 0 aromatic heterocycles. The van der Waals surface area contributed by atoms with Gasteiger partial charge < -0.3 is 15.0 Å². The van der Waals surface area contributed by atoms with Crippen LogP contribution in [0, 0.1) is 0 Å². The highest BCUT2D eigenvalue weighted by molar-refractivity contribution is 9.10. The van der Waals surface area contributed by atoms with Gasteiger partial charge in [-0.15, -0.1) is 0 Å². The number of hydrogen-bond acceptors (Lipinski definition) is 3. The van der Waals surface area contributed by atoms with Gasteiger partial charge in [-0.3, -0.25) is 4.79 Å². The zero-order valence-electron chi connectivity index (χ0n) is 12.0. The van der Waals surface area contributed by atoms with E-state index in [0.29, 0.717) is 17.4 Å². The highest BCUT2D eigenvalue weighted by Gasteiger charge is 2.21. The molecule has 0 aliphatic carbocycles. The van der Waals surface area contributed by atoms with Crippen molar-refractivity contribution in [2.75, 3.05) is 27.2 Å². The molecule has 1 atom stereocenters.